The molecule has 2 heterocycles. The number of benzene rings is 1. The van der Waals surface area contributed by atoms with Crippen LogP contribution in [0.1, 0.15) is 55.1 Å². The maximum absolute atomic E-state index is 13.3. The molecule has 1 aromatic carbocycles. The number of carbonyl (C=O) groups is 3. The minimum atomic E-state index is -0.161. The second-order valence-corrected chi connectivity index (χ2v) is 9.13. The fourth-order valence-electron chi connectivity index (χ4n) is 5.03. The van der Waals surface area contributed by atoms with Gasteiger partial charge in [-0.2, -0.15) is 0 Å². The highest BCUT2D eigenvalue weighted by Crippen LogP contribution is 2.33. The third-order valence-corrected chi connectivity index (χ3v) is 6.89. The Morgan fingerprint density at radius 2 is 1.88 bits per heavy atom. The van der Waals surface area contributed by atoms with Gasteiger partial charge in [0.2, 0.25) is 5.91 Å². The van der Waals surface area contributed by atoms with Crippen molar-refractivity contribution in [2.75, 3.05) is 18.6 Å². The van der Waals surface area contributed by atoms with Crippen molar-refractivity contribution < 1.29 is 23.5 Å². The number of anilines is 1. The molecule has 0 N–H and O–H groups in total. The molecule has 0 spiro atoms. The molecule has 0 saturated heterocycles. The first-order valence-corrected chi connectivity index (χ1v) is 12.0. The predicted molar refractivity (Wildman–Crippen MR) is 130 cm³/mol. The third-order valence-electron chi connectivity index (χ3n) is 6.89. The zero-order valence-electron chi connectivity index (χ0n) is 20.1. The number of aromatic nitrogens is 1. The average Bonchev–Trinajstić information content (AvgIpc) is 3.42. The molecule has 0 radical (unpaired) electrons. The smallest absolute Gasteiger partial charge is 0.308 e. The summed E-state index contributed by atoms with van der Waals surface area (Å²) in [5, 5.41) is 0. The number of fused-ring (bicyclic) bond motifs is 1. The number of esters is 1. The summed E-state index contributed by atoms with van der Waals surface area (Å²) in [5.74, 6) is -0.0922. The molecule has 0 bridgehead atoms. The summed E-state index contributed by atoms with van der Waals surface area (Å²) in [7, 11) is 1.42. The zero-order valence-corrected chi connectivity index (χ0v) is 20.1. The van der Waals surface area contributed by atoms with E-state index >= 15 is 0 Å². The van der Waals surface area contributed by atoms with E-state index in [1.165, 1.54) is 7.11 Å². The molecule has 1 amide bonds. The number of ketones is 1. The molecule has 3 aromatic rings. The molecule has 7 nitrogen and oxygen atoms in total. The fourth-order valence-corrected chi connectivity index (χ4v) is 5.03. The van der Waals surface area contributed by atoms with Crippen molar-refractivity contribution in [3.05, 3.63) is 53.9 Å². The second kappa shape index (κ2) is 10.3. The predicted octanol–water partition coefficient (Wildman–Crippen LogP) is 5.15. The number of methoxy groups -OCH3 is 1. The average molecular weight is 465 g/mol. The topological polar surface area (TPSA) is 81.8 Å². The summed E-state index contributed by atoms with van der Waals surface area (Å²) < 4.78 is 12.2. The first-order valence-electron chi connectivity index (χ1n) is 12.0. The minimum absolute atomic E-state index is 0.000628. The summed E-state index contributed by atoms with van der Waals surface area (Å²) in [6.45, 7) is 4.53. The lowest BCUT2D eigenvalue weighted by atomic mass is 9.79. The van der Waals surface area contributed by atoms with E-state index in [0.717, 1.165) is 42.5 Å². The number of rotatable bonds is 8. The Morgan fingerprint density at radius 3 is 2.56 bits per heavy atom. The van der Waals surface area contributed by atoms with E-state index in [0.29, 0.717) is 24.2 Å². The number of likely N-dealkylation sites (N-methyl/N-ethyl adjacent to an activating group) is 1. The molecule has 1 saturated carbocycles. The van der Waals surface area contributed by atoms with Gasteiger partial charge < -0.3 is 18.6 Å². The molecule has 0 atom stereocenters. The van der Waals surface area contributed by atoms with Gasteiger partial charge in [-0.15, -0.1) is 0 Å². The van der Waals surface area contributed by atoms with Gasteiger partial charge in [0.25, 0.3) is 0 Å². The molecule has 34 heavy (non-hydrogen) atoms. The van der Waals surface area contributed by atoms with E-state index in [-0.39, 0.29) is 36.0 Å². The van der Waals surface area contributed by atoms with Gasteiger partial charge in [0.1, 0.15) is 6.54 Å². The summed E-state index contributed by atoms with van der Waals surface area (Å²) in [6, 6.07) is 11.4. The molecule has 2 aromatic heterocycles. The first-order chi connectivity index (χ1) is 16.4. The molecule has 1 aliphatic rings. The summed E-state index contributed by atoms with van der Waals surface area (Å²) in [6.07, 6.45) is 5.09. The van der Waals surface area contributed by atoms with Crippen molar-refractivity contribution in [3.8, 4) is 0 Å². The van der Waals surface area contributed by atoms with Gasteiger partial charge in [-0.3, -0.25) is 14.4 Å². The standard InChI is InChI=1S/C27H32N2O5/c1-4-28(21-7-5-6-18(2)14-21)26(31)17-29-22-12-13-34-25(22)16-23(29)24(30)15-19-8-10-20(11-9-19)27(32)33-3/h5-7,12-14,16,19-20H,4,8-11,15,17H2,1-3H3. The zero-order chi connectivity index (χ0) is 24.2. The van der Waals surface area contributed by atoms with Crippen LogP contribution in [0.4, 0.5) is 5.69 Å². The molecule has 0 aliphatic heterocycles. The normalized spacial score (nSPS) is 18.1. The number of furan rings is 1. The quantitative estimate of drug-likeness (QED) is 0.340. The monoisotopic (exact) mass is 464 g/mol. The van der Waals surface area contributed by atoms with Crippen molar-refractivity contribution >= 4 is 34.4 Å². The second-order valence-electron chi connectivity index (χ2n) is 9.13. The van der Waals surface area contributed by atoms with Gasteiger partial charge in [0.15, 0.2) is 11.4 Å². The number of hydrogen-bond donors (Lipinski definition) is 0. The molecular weight excluding hydrogens is 432 g/mol. The van der Waals surface area contributed by atoms with Crippen molar-refractivity contribution in [1.82, 2.24) is 4.57 Å². The lowest BCUT2D eigenvalue weighted by Gasteiger charge is -2.26. The molecule has 1 fully saturated rings. The van der Waals surface area contributed by atoms with Gasteiger partial charge in [-0.05, 0) is 63.1 Å². The molecule has 0 unspecified atom stereocenters. The molecule has 1 aliphatic carbocycles. The summed E-state index contributed by atoms with van der Waals surface area (Å²) >= 11 is 0. The molecule has 4 rings (SSSR count). The van der Waals surface area contributed by atoms with Crippen molar-refractivity contribution in [2.45, 2.75) is 52.5 Å². The van der Waals surface area contributed by atoms with Crippen molar-refractivity contribution in [3.63, 3.8) is 0 Å². The Balaban J connectivity index is 1.51. The lowest BCUT2D eigenvalue weighted by molar-refractivity contribution is -0.146. The van der Waals surface area contributed by atoms with Gasteiger partial charge in [0, 0.05) is 30.8 Å². The van der Waals surface area contributed by atoms with E-state index in [9.17, 15) is 14.4 Å². The van der Waals surface area contributed by atoms with E-state index < -0.39 is 0 Å². The lowest BCUT2D eigenvalue weighted by Crippen LogP contribution is -2.34. The number of hydrogen-bond acceptors (Lipinski definition) is 5. The minimum Gasteiger partial charge on any atom is -0.469 e. The Bertz CT molecular complexity index is 1180. The van der Waals surface area contributed by atoms with E-state index in [1.807, 2.05) is 38.1 Å². The molecule has 180 valence electrons. The van der Waals surface area contributed by atoms with Crippen molar-refractivity contribution in [1.29, 1.82) is 0 Å². The van der Waals surface area contributed by atoms with Gasteiger partial charge in [0.05, 0.1) is 30.5 Å². The van der Waals surface area contributed by atoms with Crippen LogP contribution in [0.15, 0.2) is 47.1 Å². The van der Waals surface area contributed by atoms with Crippen molar-refractivity contribution in [2.24, 2.45) is 11.8 Å². The molecule has 7 heteroatoms. The number of aryl methyl sites for hydroxylation is 1. The Kier molecular flexibility index (Phi) is 7.20. The van der Waals surface area contributed by atoms with Crippen LogP contribution in [0.25, 0.3) is 11.1 Å². The molecular formula is C27H32N2O5. The number of carbonyl (C=O) groups excluding carboxylic acids is 3. The Morgan fingerprint density at radius 1 is 1.12 bits per heavy atom. The maximum Gasteiger partial charge on any atom is 0.308 e. The highest BCUT2D eigenvalue weighted by atomic mass is 16.5. The van der Waals surface area contributed by atoms with Crippen LogP contribution in [0.2, 0.25) is 0 Å². The van der Waals surface area contributed by atoms with E-state index in [4.69, 9.17) is 9.15 Å². The van der Waals surface area contributed by atoms with Crippen LogP contribution in [0.5, 0.6) is 0 Å². The Labute approximate surface area is 199 Å². The van der Waals surface area contributed by atoms with Crippen LogP contribution in [-0.2, 0) is 20.9 Å². The van der Waals surface area contributed by atoms with Gasteiger partial charge >= 0.3 is 5.97 Å². The van der Waals surface area contributed by atoms with Gasteiger partial charge in [-0.1, -0.05) is 12.1 Å². The number of Topliss-reactive ketones (excluding diaryl/α,β-unsaturated/α-hetero) is 1. The largest absolute Gasteiger partial charge is 0.469 e. The number of amides is 1. The highest BCUT2D eigenvalue weighted by molar-refractivity contribution is 6.01. The number of ether oxygens (including phenoxy) is 1. The van der Waals surface area contributed by atoms with Crippen LogP contribution in [0, 0.1) is 18.8 Å². The van der Waals surface area contributed by atoms with E-state index in [1.54, 1.807) is 27.9 Å². The van der Waals surface area contributed by atoms with Gasteiger partial charge in [-0.25, -0.2) is 0 Å². The summed E-state index contributed by atoms with van der Waals surface area (Å²) in [4.78, 5) is 40.2. The van der Waals surface area contributed by atoms with Crippen LogP contribution >= 0.6 is 0 Å². The first kappa shape index (κ1) is 23.8. The third kappa shape index (κ3) is 4.93. The van der Waals surface area contributed by atoms with Crippen LogP contribution < -0.4 is 4.90 Å². The fraction of sp³-hybridized carbons (Fsp3) is 0.444. The van der Waals surface area contributed by atoms with E-state index in [2.05, 4.69) is 0 Å². The number of nitrogens with zero attached hydrogens (tertiary/aromatic N) is 2. The maximum atomic E-state index is 13.3. The highest BCUT2D eigenvalue weighted by Gasteiger charge is 2.29. The SMILES string of the molecule is CCN(C(=O)Cn1c(C(=O)CC2CCC(C(=O)OC)CC2)cc2occc21)c1cccc(C)c1. The summed E-state index contributed by atoms with van der Waals surface area (Å²) in [5.41, 5.74) is 3.77. The van der Waals surface area contributed by atoms with Crippen LogP contribution in [0.3, 0.4) is 0 Å². The Hall–Kier alpha value is -3.35. The van der Waals surface area contributed by atoms with Crippen LogP contribution in [-0.4, -0.2) is 35.9 Å².